The van der Waals surface area contributed by atoms with E-state index in [9.17, 15) is 4.79 Å². The summed E-state index contributed by atoms with van der Waals surface area (Å²) in [5, 5.41) is 6.82. The average molecular weight is 571 g/mol. The van der Waals surface area contributed by atoms with Crippen molar-refractivity contribution in [3.8, 4) is 0 Å². The van der Waals surface area contributed by atoms with Gasteiger partial charge in [0.15, 0.2) is 5.96 Å². The van der Waals surface area contributed by atoms with Crippen LogP contribution in [0.3, 0.4) is 0 Å². The average Bonchev–Trinajstić information content (AvgIpc) is 3.17. The lowest BCUT2D eigenvalue weighted by Crippen LogP contribution is -2.44. The molecule has 1 atom stereocenters. The second-order valence-corrected chi connectivity index (χ2v) is 9.14. The smallest absolute Gasteiger partial charge is 0.223 e. The molecule has 1 amide bonds. The molecule has 33 heavy (non-hydrogen) atoms. The lowest BCUT2D eigenvalue weighted by atomic mass is 10.1. The molecule has 2 saturated heterocycles. The Hall–Kier alpha value is -1.39. The van der Waals surface area contributed by atoms with Crippen LogP contribution < -0.4 is 10.6 Å². The monoisotopic (exact) mass is 570 g/mol. The van der Waals surface area contributed by atoms with Crippen molar-refractivity contribution in [3.63, 3.8) is 0 Å². The lowest BCUT2D eigenvalue weighted by Gasteiger charge is -2.32. The van der Waals surface area contributed by atoms with Crippen LogP contribution in [0.1, 0.15) is 31.7 Å². The fraction of sp³-hybridized carbons (Fsp3) is 0.680. The van der Waals surface area contributed by atoms with Crippen molar-refractivity contribution in [2.75, 3.05) is 72.5 Å². The number of likely N-dealkylation sites (tertiary alicyclic amines) is 1. The minimum atomic E-state index is 0. The molecule has 0 aromatic heterocycles. The first-order valence-corrected chi connectivity index (χ1v) is 12.4. The van der Waals surface area contributed by atoms with Crippen molar-refractivity contribution in [2.24, 2.45) is 10.9 Å². The number of carbonyl (C=O) groups is 1. The standard InChI is InChI=1S/C25H42N6O.HI/c1-3-26-25(27-12-7-8-13-30-17-15-29(2)16-18-30)28-20-23-19-24(32)31(21-23)14-11-22-9-5-4-6-10-22;/h4-6,9-10,23H,3,7-8,11-21H2,1-2H3,(H2,26,27,28);1H. The topological polar surface area (TPSA) is 63.2 Å². The number of hydrogen-bond donors (Lipinski definition) is 2. The highest BCUT2D eigenvalue weighted by Crippen LogP contribution is 2.18. The van der Waals surface area contributed by atoms with E-state index in [-0.39, 0.29) is 29.9 Å². The van der Waals surface area contributed by atoms with Crippen LogP contribution in [0.2, 0.25) is 0 Å². The predicted octanol–water partition coefficient (Wildman–Crippen LogP) is 2.28. The van der Waals surface area contributed by atoms with Gasteiger partial charge in [-0.15, -0.1) is 24.0 Å². The van der Waals surface area contributed by atoms with Gasteiger partial charge in [-0.25, -0.2) is 0 Å². The minimum Gasteiger partial charge on any atom is -0.357 e. The molecular formula is C25H43IN6O. The molecule has 2 fully saturated rings. The van der Waals surface area contributed by atoms with Gasteiger partial charge >= 0.3 is 0 Å². The first kappa shape index (κ1) is 27.9. The van der Waals surface area contributed by atoms with Crippen LogP contribution in [0.4, 0.5) is 0 Å². The number of unbranched alkanes of at least 4 members (excludes halogenated alkanes) is 1. The summed E-state index contributed by atoms with van der Waals surface area (Å²) in [7, 11) is 2.20. The summed E-state index contributed by atoms with van der Waals surface area (Å²) >= 11 is 0. The molecule has 2 N–H and O–H groups in total. The van der Waals surface area contributed by atoms with Crippen molar-refractivity contribution in [1.82, 2.24) is 25.3 Å². The summed E-state index contributed by atoms with van der Waals surface area (Å²) in [5.74, 6) is 1.45. The third kappa shape index (κ3) is 10.2. The number of guanidine groups is 1. The third-order valence-corrected chi connectivity index (χ3v) is 6.45. The predicted molar refractivity (Wildman–Crippen MR) is 147 cm³/mol. The summed E-state index contributed by atoms with van der Waals surface area (Å²) in [5.41, 5.74) is 1.29. The summed E-state index contributed by atoms with van der Waals surface area (Å²) in [6.07, 6.45) is 3.89. The molecule has 0 spiro atoms. The van der Waals surface area contributed by atoms with Gasteiger partial charge in [0.05, 0.1) is 0 Å². The van der Waals surface area contributed by atoms with Gasteiger partial charge in [-0.1, -0.05) is 30.3 Å². The molecule has 186 valence electrons. The van der Waals surface area contributed by atoms with Crippen molar-refractivity contribution < 1.29 is 4.79 Å². The molecule has 1 aromatic carbocycles. The molecule has 1 aromatic rings. The molecule has 1 unspecified atom stereocenters. The van der Waals surface area contributed by atoms with E-state index in [1.54, 1.807) is 0 Å². The Balaban J connectivity index is 0.00000385. The molecular weight excluding hydrogens is 527 g/mol. The highest BCUT2D eigenvalue weighted by molar-refractivity contribution is 14.0. The number of halogens is 1. The van der Waals surface area contributed by atoms with Crippen LogP contribution >= 0.6 is 24.0 Å². The number of rotatable bonds is 11. The highest BCUT2D eigenvalue weighted by Gasteiger charge is 2.29. The molecule has 2 aliphatic rings. The zero-order chi connectivity index (χ0) is 22.6. The molecule has 2 heterocycles. The van der Waals surface area contributed by atoms with Crippen molar-refractivity contribution in [1.29, 1.82) is 0 Å². The van der Waals surface area contributed by atoms with Gasteiger partial charge in [-0.2, -0.15) is 0 Å². The lowest BCUT2D eigenvalue weighted by molar-refractivity contribution is -0.127. The van der Waals surface area contributed by atoms with Gasteiger partial charge < -0.3 is 25.3 Å². The number of nitrogens with zero attached hydrogens (tertiary/aromatic N) is 4. The maximum Gasteiger partial charge on any atom is 0.223 e. The van der Waals surface area contributed by atoms with E-state index in [0.29, 0.717) is 18.9 Å². The van der Waals surface area contributed by atoms with Crippen LogP contribution in [0.15, 0.2) is 35.3 Å². The van der Waals surface area contributed by atoms with Gasteiger partial charge in [0.1, 0.15) is 0 Å². The van der Waals surface area contributed by atoms with Gasteiger partial charge in [0, 0.05) is 71.2 Å². The van der Waals surface area contributed by atoms with Gasteiger partial charge in [-0.05, 0) is 45.3 Å². The Labute approximate surface area is 217 Å². The number of piperazine rings is 1. The Bertz CT molecular complexity index is 708. The van der Waals surface area contributed by atoms with E-state index in [1.807, 2.05) is 11.0 Å². The van der Waals surface area contributed by atoms with E-state index in [4.69, 9.17) is 4.99 Å². The van der Waals surface area contributed by atoms with Crippen LogP contribution in [0, 0.1) is 5.92 Å². The Morgan fingerprint density at radius 3 is 2.55 bits per heavy atom. The first-order chi connectivity index (χ1) is 15.6. The van der Waals surface area contributed by atoms with Crippen molar-refractivity contribution in [3.05, 3.63) is 35.9 Å². The fourth-order valence-corrected chi connectivity index (χ4v) is 4.40. The SMILES string of the molecule is CCNC(=NCC1CC(=O)N(CCc2ccccc2)C1)NCCCCN1CCN(C)CC1.I. The van der Waals surface area contributed by atoms with E-state index in [2.05, 4.69) is 58.7 Å². The van der Waals surface area contributed by atoms with Gasteiger partial charge in [-0.3, -0.25) is 9.79 Å². The maximum atomic E-state index is 12.4. The second-order valence-electron chi connectivity index (χ2n) is 9.14. The molecule has 7 nitrogen and oxygen atoms in total. The van der Waals surface area contributed by atoms with Crippen LogP contribution in [0.5, 0.6) is 0 Å². The molecule has 0 radical (unpaired) electrons. The van der Waals surface area contributed by atoms with Crippen LogP contribution in [-0.2, 0) is 11.2 Å². The molecule has 0 aliphatic carbocycles. The highest BCUT2D eigenvalue weighted by atomic mass is 127. The number of hydrogen-bond acceptors (Lipinski definition) is 4. The van der Waals surface area contributed by atoms with Gasteiger partial charge in [0.25, 0.3) is 0 Å². The number of benzene rings is 1. The molecule has 2 aliphatic heterocycles. The van der Waals surface area contributed by atoms with E-state index >= 15 is 0 Å². The molecule has 0 saturated carbocycles. The summed E-state index contributed by atoms with van der Waals surface area (Å²) < 4.78 is 0. The zero-order valence-corrected chi connectivity index (χ0v) is 22.8. The van der Waals surface area contributed by atoms with E-state index in [1.165, 1.54) is 44.7 Å². The maximum absolute atomic E-state index is 12.4. The first-order valence-electron chi connectivity index (χ1n) is 12.4. The zero-order valence-electron chi connectivity index (χ0n) is 20.5. The Morgan fingerprint density at radius 1 is 1.06 bits per heavy atom. The van der Waals surface area contributed by atoms with E-state index in [0.717, 1.165) is 45.0 Å². The number of likely N-dealkylation sites (N-methyl/N-ethyl adjacent to an activating group) is 1. The third-order valence-electron chi connectivity index (χ3n) is 6.45. The fourth-order valence-electron chi connectivity index (χ4n) is 4.40. The van der Waals surface area contributed by atoms with Crippen LogP contribution in [0.25, 0.3) is 0 Å². The summed E-state index contributed by atoms with van der Waals surface area (Å²) in [6.45, 7) is 12.1. The minimum absolute atomic E-state index is 0. The van der Waals surface area contributed by atoms with E-state index < -0.39 is 0 Å². The largest absolute Gasteiger partial charge is 0.357 e. The Morgan fingerprint density at radius 2 is 1.82 bits per heavy atom. The van der Waals surface area contributed by atoms with Crippen molar-refractivity contribution in [2.45, 2.75) is 32.6 Å². The molecule has 0 bridgehead atoms. The molecule has 3 rings (SSSR count). The molecule has 8 heteroatoms. The second kappa shape index (κ2) is 15.5. The van der Waals surface area contributed by atoms with Crippen molar-refractivity contribution >= 4 is 35.8 Å². The number of carbonyl (C=O) groups excluding carboxylic acids is 1. The number of nitrogens with one attached hydrogen (secondary N) is 2. The Kier molecular flexibility index (Phi) is 13.1. The summed E-state index contributed by atoms with van der Waals surface area (Å²) in [6, 6.07) is 10.4. The number of aliphatic imine (C=N–C) groups is 1. The summed E-state index contributed by atoms with van der Waals surface area (Å²) in [4.78, 5) is 24.2. The quantitative estimate of drug-likeness (QED) is 0.185. The van der Waals surface area contributed by atoms with Crippen LogP contribution in [-0.4, -0.2) is 99.1 Å². The normalized spacial score (nSPS) is 20.1. The number of amides is 1. The van der Waals surface area contributed by atoms with Gasteiger partial charge in [0.2, 0.25) is 5.91 Å².